The largest absolute Gasteiger partial charge is 0.477 e. The summed E-state index contributed by atoms with van der Waals surface area (Å²) >= 11 is 0.781. The summed E-state index contributed by atoms with van der Waals surface area (Å²) in [5, 5.41) is 8.80. The van der Waals surface area contributed by atoms with Gasteiger partial charge in [0.2, 0.25) is 10.0 Å². The van der Waals surface area contributed by atoms with Crippen molar-refractivity contribution in [1.29, 1.82) is 0 Å². The molecule has 1 saturated carbocycles. The topological polar surface area (TPSA) is 83.5 Å². The summed E-state index contributed by atoms with van der Waals surface area (Å²) in [5.74, 6) is -0.176. The van der Waals surface area contributed by atoms with Crippen LogP contribution < -0.4 is 4.72 Å². The highest BCUT2D eigenvalue weighted by atomic mass is 32.2. The van der Waals surface area contributed by atoms with Gasteiger partial charge in [0.25, 0.3) is 0 Å². The molecule has 1 heterocycles. The molecule has 0 saturated heterocycles. The van der Waals surface area contributed by atoms with Crippen LogP contribution in [0.1, 0.15) is 35.9 Å². The maximum absolute atomic E-state index is 12.0. The molecule has 106 valence electrons. The van der Waals surface area contributed by atoms with Crippen molar-refractivity contribution in [2.45, 2.75) is 30.4 Å². The van der Waals surface area contributed by atoms with E-state index in [9.17, 15) is 13.2 Å². The second-order valence-corrected chi connectivity index (χ2v) is 8.02. The molecule has 2 atom stereocenters. The van der Waals surface area contributed by atoms with Crippen LogP contribution in [0.25, 0.3) is 0 Å². The monoisotopic (exact) mass is 303 g/mol. The Balaban J connectivity index is 2.03. The van der Waals surface area contributed by atoms with E-state index >= 15 is 0 Å². The zero-order valence-electron chi connectivity index (χ0n) is 10.6. The average Bonchev–Trinajstić information content (AvgIpc) is 2.95. The number of carboxylic acid groups (broad SMARTS) is 1. The first-order valence-electron chi connectivity index (χ1n) is 6.23. The molecule has 0 radical (unpaired) electrons. The zero-order chi connectivity index (χ0) is 14.0. The third-order valence-corrected chi connectivity index (χ3v) is 6.62. The number of hydrogen-bond acceptors (Lipinski definition) is 4. The van der Waals surface area contributed by atoms with Crippen LogP contribution >= 0.6 is 11.3 Å². The van der Waals surface area contributed by atoms with E-state index in [4.69, 9.17) is 5.11 Å². The van der Waals surface area contributed by atoms with Gasteiger partial charge in [-0.05, 0) is 30.4 Å². The molecule has 0 aromatic carbocycles. The predicted molar refractivity (Wildman–Crippen MR) is 73.0 cm³/mol. The molecule has 1 aliphatic rings. The van der Waals surface area contributed by atoms with Crippen LogP contribution in [-0.2, 0) is 10.0 Å². The molecule has 19 heavy (non-hydrogen) atoms. The van der Waals surface area contributed by atoms with Gasteiger partial charge in [-0.15, -0.1) is 11.3 Å². The van der Waals surface area contributed by atoms with Crippen molar-refractivity contribution < 1.29 is 18.3 Å². The van der Waals surface area contributed by atoms with E-state index in [2.05, 4.69) is 11.6 Å². The Kier molecular flexibility index (Phi) is 4.27. The quantitative estimate of drug-likeness (QED) is 0.873. The maximum atomic E-state index is 12.0. The Labute approximate surface area is 116 Å². The van der Waals surface area contributed by atoms with E-state index < -0.39 is 16.0 Å². The molecule has 0 aliphatic heterocycles. The number of carboxylic acids is 1. The van der Waals surface area contributed by atoms with Crippen LogP contribution in [0.15, 0.2) is 16.3 Å². The van der Waals surface area contributed by atoms with E-state index in [1.165, 1.54) is 12.1 Å². The standard InChI is InChI=1S/C12H17NO4S2/c1-8-3-2-4-9(8)7-13-19(16,17)11-6-5-10(18-11)12(14)15/h5-6,8-9,13H,2-4,7H2,1H3,(H,14,15). The number of aromatic carboxylic acids is 1. The van der Waals surface area contributed by atoms with Gasteiger partial charge < -0.3 is 5.11 Å². The summed E-state index contributed by atoms with van der Waals surface area (Å²) in [7, 11) is -3.58. The molecule has 2 N–H and O–H groups in total. The van der Waals surface area contributed by atoms with Gasteiger partial charge in [-0.2, -0.15) is 0 Å². The molecular formula is C12H17NO4S2. The number of carbonyl (C=O) groups is 1. The minimum atomic E-state index is -3.58. The lowest BCUT2D eigenvalue weighted by Gasteiger charge is -2.15. The fourth-order valence-corrected chi connectivity index (χ4v) is 4.68. The first-order valence-corrected chi connectivity index (χ1v) is 8.53. The lowest BCUT2D eigenvalue weighted by atomic mass is 9.99. The SMILES string of the molecule is CC1CCCC1CNS(=O)(=O)c1ccc(C(=O)O)s1. The molecule has 0 spiro atoms. The first-order chi connectivity index (χ1) is 8.90. The highest BCUT2D eigenvalue weighted by Gasteiger charge is 2.26. The molecule has 2 unspecified atom stereocenters. The van der Waals surface area contributed by atoms with Crippen LogP contribution in [0, 0.1) is 11.8 Å². The minimum Gasteiger partial charge on any atom is -0.477 e. The minimum absolute atomic E-state index is 0.0367. The van der Waals surface area contributed by atoms with E-state index in [0.717, 1.165) is 30.6 Å². The summed E-state index contributed by atoms with van der Waals surface area (Å²) in [6.07, 6.45) is 3.35. The smallest absolute Gasteiger partial charge is 0.345 e. The lowest BCUT2D eigenvalue weighted by Crippen LogP contribution is -2.29. The number of thiophene rings is 1. The van der Waals surface area contributed by atoms with Crippen molar-refractivity contribution in [3.63, 3.8) is 0 Å². The summed E-state index contributed by atoms with van der Waals surface area (Å²) in [5.41, 5.74) is 0. The summed E-state index contributed by atoms with van der Waals surface area (Å²) in [6.45, 7) is 2.57. The second-order valence-electron chi connectivity index (χ2n) is 4.94. The van der Waals surface area contributed by atoms with E-state index in [1.54, 1.807) is 0 Å². The van der Waals surface area contributed by atoms with Gasteiger partial charge in [0.05, 0.1) is 0 Å². The molecule has 5 nitrogen and oxygen atoms in total. The van der Waals surface area contributed by atoms with E-state index in [0.29, 0.717) is 18.4 Å². The second kappa shape index (κ2) is 5.60. The van der Waals surface area contributed by atoms with Gasteiger partial charge in [-0.3, -0.25) is 0 Å². The normalized spacial score (nSPS) is 23.6. The van der Waals surface area contributed by atoms with Crippen LogP contribution in [-0.4, -0.2) is 26.0 Å². The Morgan fingerprint density at radius 2 is 2.21 bits per heavy atom. The van der Waals surface area contributed by atoms with Crippen LogP contribution in [0.5, 0.6) is 0 Å². The van der Waals surface area contributed by atoms with Crippen LogP contribution in [0.2, 0.25) is 0 Å². The van der Waals surface area contributed by atoms with E-state index in [1.807, 2.05) is 0 Å². The van der Waals surface area contributed by atoms with Crippen molar-refractivity contribution in [2.75, 3.05) is 6.54 Å². The highest BCUT2D eigenvalue weighted by molar-refractivity contribution is 7.91. The summed E-state index contributed by atoms with van der Waals surface area (Å²) in [6, 6.07) is 2.66. The van der Waals surface area contributed by atoms with Gasteiger partial charge in [0.1, 0.15) is 9.09 Å². The van der Waals surface area contributed by atoms with Crippen molar-refractivity contribution in [3.05, 3.63) is 17.0 Å². The number of rotatable bonds is 5. The Bertz CT molecular complexity index is 564. The van der Waals surface area contributed by atoms with Gasteiger partial charge in [0.15, 0.2) is 0 Å². The molecule has 7 heteroatoms. The molecule has 0 amide bonds. The number of sulfonamides is 1. The Morgan fingerprint density at radius 1 is 1.47 bits per heavy atom. The average molecular weight is 303 g/mol. The number of hydrogen-bond donors (Lipinski definition) is 2. The zero-order valence-corrected chi connectivity index (χ0v) is 12.3. The first kappa shape index (κ1) is 14.5. The fourth-order valence-electron chi connectivity index (χ4n) is 2.39. The van der Waals surface area contributed by atoms with Crippen molar-refractivity contribution in [3.8, 4) is 0 Å². The molecule has 2 rings (SSSR count). The lowest BCUT2D eigenvalue weighted by molar-refractivity contribution is 0.0702. The maximum Gasteiger partial charge on any atom is 0.345 e. The van der Waals surface area contributed by atoms with Gasteiger partial charge in [0, 0.05) is 6.54 Å². The van der Waals surface area contributed by atoms with Crippen molar-refractivity contribution >= 4 is 27.3 Å². The molecule has 0 bridgehead atoms. The Morgan fingerprint density at radius 3 is 2.74 bits per heavy atom. The molecule has 1 aromatic rings. The highest BCUT2D eigenvalue weighted by Crippen LogP contribution is 2.31. The van der Waals surface area contributed by atoms with Crippen LogP contribution in [0.3, 0.4) is 0 Å². The molecular weight excluding hydrogens is 286 g/mol. The van der Waals surface area contributed by atoms with Gasteiger partial charge >= 0.3 is 5.97 Å². The fraction of sp³-hybridized carbons (Fsp3) is 0.583. The summed E-state index contributed by atoms with van der Waals surface area (Å²) < 4.78 is 26.7. The molecule has 1 aromatic heterocycles. The van der Waals surface area contributed by atoms with Crippen molar-refractivity contribution in [1.82, 2.24) is 4.72 Å². The van der Waals surface area contributed by atoms with Crippen molar-refractivity contribution in [2.24, 2.45) is 11.8 Å². The van der Waals surface area contributed by atoms with Gasteiger partial charge in [-0.1, -0.05) is 19.8 Å². The summed E-state index contributed by atoms with van der Waals surface area (Å²) in [4.78, 5) is 10.8. The molecule has 1 aliphatic carbocycles. The van der Waals surface area contributed by atoms with Gasteiger partial charge in [-0.25, -0.2) is 17.9 Å². The van der Waals surface area contributed by atoms with E-state index in [-0.39, 0.29) is 9.09 Å². The third kappa shape index (κ3) is 3.34. The third-order valence-electron chi connectivity index (χ3n) is 3.63. The number of nitrogens with one attached hydrogen (secondary N) is 1. The Hall–Kier alpha value is -0.920. The van der Waals surface area contributed by atoms with Crippen LogP contribution in [0.4, 0.5) is 0 Å². The predicted octanol–water partition coefficient (Wildman–Crippen LogP) is 2.16. The molecule has 1 fully saturated rings.